The summed E-state index contributed by atoms with van der Waals surface area (Å²) in [7, 11) is 0. The molecule has 1 saturated carbocycles. The molecule has 1 N–H and O–H groups in total. The van der Waals surface area contributed by atoms with Gasteiger partial charge in [0.1, 0.15) is 18.3 Å². The van der Waals surface area contributed by atoms with Crippen LogP contribution in [0, 0.1) is 5.92 Å². The first-order valence-electron chi connectivity index (χ1n) is 14.1. The molecule has 0 amide bonds. The summed E-state index contributed by atoms with van der Waals surface area (Å²) in [6.45, 7) is 3.91. The van der Waals surface area contributed by atoms with Crippen molar-refractivity contribution in [2.45, 2.75) is 57.0 Å². The van der Waals surface area contributed by atoms with E-state index in [2.05, 4.69) is 15.2 Å². The largest absolute Gasteiger partial charge is 0.378 e. The SMILES string of the molecule is FC[C@H]1CCCN1C1CCC(CNc2cc(-n3c(C(F)F)nc4ccccc43)nc(N3CCOCC3)n2)CC1. The minimum atomic E-state index is -2.75. The Morgan fingerprint density at radius 3 is 2.54 bits per heavy atom. The fraction of sp³-hybridized carbons (Fsp3) is 0.607. The number of benzene rings is 1. The number of nitrogens with zero attached hydrogens (tertiary/aromatic N) is 6. The molecule has 0 bridgehead atoms. The van der Waals surface area contributed by atoms with Crippen molar-refractivity contribution in [3.8, 4) is 5.82 Å². The van der Waals surface area contributed by atoms with Crippen molar-refractivity contribution < 1.29 is 17.9 Å². The van der Waals surface area contributed by atoms with Gasteiger partial charge in [-0.25, -0.2) is 18.2 Å². The fourth-order valence-electron chi connectivity index (χ4n) is 6.40. The van der Waals surface area contributed by atoms with Crippen LogP contribution >= 0.6 is 0 Å². The van der Waals surface area contributed by atoms with Crippen LogP contribution in [-0.2, 0) is 4.74 Å². The summed E-state index contributed by atoms with van der Waals surface area (Å²) < 4.78 is 48.6. The molecule has 0 radical (unpaired) electrons. The van der Waals surface area contributed by atoms with Crippen LogP contribution in [0.4, 0.5) is 24.9 Å². The van der Waals surface area contributed by atoms with Gasteiger partial charge in [-0.1, -0.05) is 12.1 Å². The third-order valence-corrected chi connectivity index (χ3v) is 8.46. The van der Waals surface area contributed by atoms with Gasteiger partial charge < -0.3 is 15.0 Å². The molecule has 0 spiro atoms. The van der Waals surface area contributed by atoms with Crippen LogP contribution in [0.5, 0.6) is 0 Å². The molecule has 1 aromatic carbocycles. The molecule has 6 rings (SSSR count). The second kappa shape index (κ2) is 11.7. The maximum Gasteiger partial charge on any atom is 0.296 e. The quantitative estimate of drug-likeness (QED) is 0.429. The molecule has 2 aliphatic heterocycles. The Labute approximate surface area is 226 Å². The lowest BCUT2D eigenvalue weighted by molar-refractivity contribution is 0.111. The number of fused-ring (bicyclic) bond motifs is 1. The predicted octanol–water partition coefficient (Wildman–Crippen LogP) is 4.99. The molecule has 2 aromatic heterocycles. The van der Waals surface area contributed by atoms with Crippen LogP contribution in [-0.4, -0.2) is 82.6 Å². The number of halogens is 3. The molecule has 210 valence electrons. The monoisotopic (exact) mass is 543 g/mol. The van der Waals surface area contributed by atoms with Gasteiger partial charge in [0, 0.05) is 37.8 Å². The molecule has 4 heterocycles. The molecule has 1 aliphatic carbocycles. The smallest absolute Gasteiger partial charge is 0.296 e. The highest BCUT2D eigenvalue weighted by Gasteiger charge is 2.33. The molecule has 0 unspecified atom stereocenters. The summed E-state index contributed by atoms with van der Waals surface area (Å²) in [6, 6.07) is 9.43. The van der Waals surface area contributed by atoms with Gasteiger partial charge in [0.05, 0.1) is 24.2 Å². The maximum absolute atomic E-state index is 14.1. The number of nitrogens with one attached hydrogen (secondary N) is 1. The van der Waals surface area contributed by atoms with Crippen molar-refractivity contribution in [3.05, 3.63) is 36.2 Å². The highest BCUT2D eigenvalue weighted by molar-refractivity contribution is 5.78. The van der Waals surface area contributed by atoms with E-state index in [4.69, 9.17) is 14.7 Å². The summed E-state index contributed by atoms with van der Waals surface area (Å²) in [6.07, 6.45) is 3.62. The van der Waals surface area contributed by atoms with Crippen LogP contribution in [0.2, 0.25) is 0 Å². The van der Waals surface area contributed by atoms with Gasteiger partial charge in [-0.05, 0) is 63.1 Å². The van der Waals surface area contributed by atoms with Crippen LogP contribution in [0.1, 0.15) is 50.8 Å². The van der Waals surface area contributed by atoms with Crippen molar-refractivity contribution in [2.75, 3.05) is 56.3 Å². The van der Waals surface area contributed by atoms with Crippen LogP contribution in [0.3, 0.4) is 0 Å². The van der Waals surface area contributed by atoms with E-state index in [0.717, 1.165) is 51.6 Å². The van der Waals surface area contributed by atoms with Crippen molar-refractivity contribution >= 4 is 22.8 Å². The topological polar surface area (TPSA) is 71.3 Å². The first-order chi connectivity index (χ1) is 19.1. The highest BCUT2D eigenvalue weighted by Crippen LogP contribution is 2.33. The van der Waals surface area contributed by atoms with E-state index < -0.39 is 6.43 Å². The van der Waals surface area contributed by atoms with Crippen molar-refractivity contribution in [2.24, 2.45) is 5.92 Å². The summed E-state index contributed by atoms with van der Waals surface area (Å²) in [5.74, 6) is 1.61. The normalized spacial score (nSPS) is 24.6. The zero-order valence-electron chi connectivity index (χ0n) is 22.1. The van der Waals surface area contributed by atoms with Gasteiger partial charge in [0.2, 0.25) is 5.95 Å². The van der Waals surface area contributed by atoms with Gasteiger partial charge >= 0.3 is 0 Å². The van der Waals surface area contributed by atoms with E-state index in [1.807, 2.05) is 11.0 Å². The molecule has 8 nitrogen and oxygen atoms in total. The van der Waals surface area contributed by atoms with E-state index >= 15 is 0 Å². The molecule has 3 aliphatic rings. The minimum Gasteiger partial charge on any atom is -0.378 e. The number of likely N-dealkylation sites (tertiary alicyclic amines) is 1. The molecule has 39 heavy (non-hydrogen) atoms. The van der Waals surface area contributed by atoms with Crippen LogP contribution < -0.4 is 10.2 Å². The standard InChI is InChI=1S/C28H36F3N7O/c29-17-21-4-3-11-37(21)20-9-7-19(8-10-20)18-32-24-16-25(35-28(34-24)36-12-14-39-15-13-36)38-23-6-2-1-5-22(23)33-27(38)26(30)31/h1-2,5-6,16,19-21,26H,3-4,7-15,17-18H2,(H,32,34,35)/t19?,20?,21-/m1/s1. The zero-order valence-corrected chi connectivity index (χ0v) is 22.1. The summed E-state index contributed by atoms with van der Waals surface area (Å²) >= 11 is 0. The van der Waals surface area contributed by atoms with Crippen molar-refractivity contribution in [1.29, 1.82) is 0 Å². The fourth-order valence-corrected chi connectivity index (χ4v) is 6.40. The number of imidazole rings is 1. The number of rotatable bonds is 8. The Kier molecular flexibility index (Phi) is 7.87. The van der Waals surface area contributed by atoms with E-state index in [1.54, 1.807) is 24.3 Å². The Morgan fingerprint density at radius 2 is 1.77 bits per heavy atom. The van der Waals surface area contributed by atoms with E-state index in [0.29, 0.717) is 66.9 Å². The molecule has 3 fully saturated rings. The van der Waals surface area contributed by atoms with Crippen LogP contribution in [0.15, 0.2) is 30.3 Å². The number of morpholine rings is 1. The third kappa shape index (κ3) is 5.56. The molecular weight excluding hydrogens is 507 g/mol. The Bertz CT molecular complexity index is 1260. The predicted molar refractivity (Wildman–Crippen MR) is 145 cm³/mol. The van der Waals surface area contributed by atoms with Crippen LogP contribution in [0.25, 0.3) is 16.9 Å². The molecule has 11 heteroatoms. The third-order valence-electron chi connectivity index (χ3n) is 8.46. The number of aromatic nitrogens is 4. The Morgan fingerprint density at radius 1 is 0.974 bits per heavy atom. The van der Waals surface area contributed by atoms with Crippen molar-refractivity contribution in [1.82, 2.24) is 24.4 Å². The van der Waals surface area contributed by atoms with Crippen molar-refractivity contribution in [3.63, 3.8) is 0 Å². The van der Waals surface area contributed by atoms with Gasteiger partial charge in [0.25, 0.3) is 6.43 Å². The van der Waals surface area contributed by atoms with E-state index in [-0.39, 0.29) is 18.5 Å². The molecule has 1 atom stereocenters. The number of anilines is 2. The number of hydrogen-bond acceptors (Lipinski definition) is 7. The minimum absolute atomic E-state index is 0.0973. The first kappa shape index (κ1) is 26.3. The Hall–Kier alpha value is -2.92. The van der Waals surface area contributed by atoms with E-state index in [9.17, 15) is 13.2 Å². The zero-order chi connectivity index (χ0) is 26.8. The highest BCUT2D eigenvalue weighted by atomic mass is 19.3. The average molecular weight is 544 g/mol. The average Bonchev–Trinajstić information content (AvgIpc) is 3.62. The maximum atomic E-state index is 14.1. The lowest BCUT2D eigenvalue weighted by Crippen LogP contribution is -2.42. The van der Waals surface area contributed by atoms with Gasteiger partial charge in [-0.3, -0.25) is 9.47 Å². The number of ether oxygens (including phenoxy) is 1. The van der Waals surface area contributed by atoms with Gasteiger partial charge in [-0.2, -0.15) is 9.97 Å². The second-order valence-electron chi connectivity index (χ2n) is 10.8. The molecule has 2 saturated heterocycles. The summed E-state index contributed by atoms with van der Waals surface area (Å²) in [5, 5.41) is 3.49. The lowest BCUT2D eigenvalue weighted by atomic mass is 9.85. The molecular formula is C28H36F3N7O. The number of alkyl halides is 3. The first-order valence-corrected chi connectivity index (χ1v) is 14.1. The van der Waals surface area contributed by atoms with E-state index in [1.165, 1.54) is 4.57 Å². The summed E-state index contributed by atoms with van der Waals surface area (Å²) in [4.78, 5) is 18.1. The molecule has 3 aromatic rings. The van der Waals surface area contributed by atoms with Gasteiger partial charge in [0.15, 0.2) is 5.82 Å². The number of hydrogen-bond donors (Lipinski definition) is 1. The lowest BCUT2D eigenvalue weighted by Gasteiger charge is -2.37. The second-order valence-corrected chi connectivity index (χ2v) is 10.8. The van der Waals surface area contributed by atoms with Gasteiger partial charge in [-0.15, -0.1) is 0 Å². The Balaban J connectivity index is 1.23. The summed E-state index contributed by atoms with van der Waals surface area (Å²) in [5.41, 5.74) is 1.08. The number of para-hydroxylation sites is 2.